The SMILES string of the molecule is C#CCN(CC)C(=O)NCCC(O)C(=O)O. The maximum absolute atomic E-state index is 11.4. The van der Waals surface area contributed by atoms with Crippen LogP contribution in [-0.4, -0.2) is 52.9 Å². The standard InChI is InChI=1S/C10H16N2O4/c1-3-7-12(4-2)10(16)11-6-5-8(13)9(14)15/h1,8,13H,4-7H2,2H3,(H,11,16)(H,14,15). The molecule has 0 radical (unpaired) electrons. The summed E-state index contributed by atoms with van der Waals surface area (Å²) in [6.45, 7) is 2.54. The zero-order valence-electron chi connectivity index (χ0n) is 9.14. The number of nitrogens with one attached hydrogen (secondary N) is 1. The second-order valence-electron chi connectivity index (χ2n) is 3.09. The highest BCUT2D eigenvalue weighted by molar-refractivity contribution is 5.75. The molecule has 0 heterocycles. The van der Waals surface area contributed by atoms with Crippen molar-refractivity contribution < 1.29 is 19.8 Å². The van der Waals surface area contributed by atoms with Crippen LogP contribution in [0.2, 0.25) is 0 Å². The molecule has 0 aromatic rings. The van der Waals surface area contributed by atoms with Crippen LogP contribution in [0.3, 0.4) is 0 Å². The van der Waals surface area contributed by atoms with Gasteiger partial charge in [-0.2, -0.15) is 0 Å². The normalized spacial score (nSPS) is 11.3. The molecule has 0 spiro atoms. The van der Waals surface area contributed by atoms with Gasteiger partial charge in [0.1, 0.15) is 0 Å². The van der Waals surface area contributed by atoms with Crippen molar-refractivity contribution in [2.24, 2.45) is 0 Å². The summed E-state index contributed by atoms with van der Waals surface area (Å²) in [5, 5.41) is 19.8. The lowest BCUT2D eigenvalue weighted by Gasteiger charge is -2.18. The minimum Gasteiger partial charge on any atom is -0.479 e. The van der Waals surface area contributed by atoms with Crippen molar-refractivity contribution in [3.63, 3.8) is 0 Å². The van der Waals surface area contributed by atoms with Crippen LogP contribution >= 0.6 is 0 Å². The Labute approximate surface area is 94.2 Å². The third-order valence-electron chi connectivity index (χ3n) is 1.93. The number of carbonyl (C=O) groups excluding carboxylic acids is 1. The largest absolute Gasteiger partial charge is 0.479 e. The molecular formula is C10H16N2O4. The van der Waals surface area contributed by atoms with Gasteiger partial charge < -0.3 is 20.4 Å². The molecule has 0 aromatic heterocycles. The topological polar surface area (TPSA) is 89.9 Å². The fourth-order valence-corrected chi connectivity index (χ4v) is 0.989. The van der Waals surface area contributed by atoms with Gasteiger partial charge in [-0.25, -0.2) is 9.59 Å². The number of hydrogen-bond acceptors (Lipinski definition) is 3. The van der Waals surface area contributed by atoms with Gasteiger partial charge in [-0.05, 0) is 6.92 Å². The van der Waals surface area contributed by atoms with Gasteiger partial charge in [0.05, 0.1) is 6.54 Å². The van der Waals surface area contributed by atoms with Crippen LogP contribution in [0.5, 0.6) is 0 Å². The lowest BCUT2D eigenvalue weighted by Crippen LogP contribution is -2.41. The summed E-state index contributed by atoms with van der Waals surface area (Å²) in [5.74, 6) is 1.04. The first-order chi connectivity index (χ1) is 7.52. The van der Waals surface area contributed by atoms with E-state index in [4.69, 9.17) is 16.6 Å². The molecule has 6 heteroatoms. The number of nitrogens with zero attached hydrogens (tertiary/aromatic N) is 1. The number of carboxylic acid groups (broad SMARTS) is 1. The molecule has 0 aliphatic heterocycles. The minimum atomic E-state index is -1.46. The monoisotopic (exact) mass is 228 g/mol. The molecule has 0 aliphatic carbocycles. The quantitative estimate of drug-likeness (QED) is 0.534. The lowest BCUT2D eigenvalue weighted by molar-refractivity contribution is -0.146. The predicted octanol–water partition coefficient (Wildman–Crippen LogP) is -0.513. The van der Waals surface area contributed by atoms with Gasteiger partial charge in [0.15, 0.2) is 6.10 Å². The van der Waals surface area contributed by atoms with Gasteiger partial charge >= 0.3 is 12.0 Å². The van der Waals surface area contributed by atoms with Crippen LogP contribution < -0.4 is 5.32 Å². The Hall–Kier alpha value is -1.74. The molecule has 1 unspecified atom stereocenters. The van der Waals surface area contributed by atoms with Crippen molar-refractivity contribution in [2.45, 2.75) is 19.4 Å². The Kier molecular flexibility index (Phi) is 6.72. The Balaban J connectivity index is 3.89. The Morgan fingerprint density at radius 3 is 2.62 bits per heavy atom. The molecule has 2 amide bonds. The Morgan fingerprint density at radius 2 is 2.19 bits per heavy atom. The van der Waals surface area contributed by atoms with Gasteiger partial charge in [-0.1, -0.05) is 5.92 Å². The summed E-state index contributed by atoms with van der Waals surface area (Å²) >= 11 is 0. The molecule has 0 rings (SSSR count). The van der Waals surface area contributed by atoms with Crippen molar-refractivity contribution in [3.05, 3.63) is 0 Å². The van der Waals surface area contributed by atoms with Gasteiger partial charge in [-0.15, -0.1) is 6.42 Å². The number of carboxylic acids is 1. The number of urea groups is 1. The van der Waals surface area contributed by atoms with E-state index in [1.54, 1.807) is 6.92 Å². The summed E-state index contributed by atoms with van der Waals surface area (Å²) in [6.07, 6.45) is 3.58. The summed E-state index contributed by atoms with van der Waals surface area (Å²) in [5.41, 5.74) is 0. The zero-order valence-corrected chi connectivity index (χ0v) is 9.14. The fourth-order valence-electron chi connectivity index (χ4n) is 0.989. The average molecular weight is 228 g/mol. The van der Waals surface area contributed by atoms with Gasteiger partial charge in [0, 0.05) is 19.5 Å². The molecule has 0 bridgehead atoms. The van der Waals surface area contributed by atoms with Crippen molar-refractivity contribution in [2.75, 3.05) is 19.6 Å². The van der Waals surface area contributed by atoms with E-state index in [-0.39, 0.29) is 25.5 Å². The third kappa shape index (κ3) is 5.22. The molecule has 1 atom stereocenters. The molecule has 0 aliphatic rings. The van der Waals surface area contributed by atoms with Gasteiger partial charge in [0.25, 0.3) is 0 Å². The van der Waals surface area contributed by atoms with Crippen LogP contribution in [0.4, 0.5) is 4.79 Å². The molecule has 6 nitrogen and oxygen atoms in total. The highest BCUT2D eigenvalue weighted by Crippen LogP contribution is 1.92. The second kappa shape index (κ2) is 7.54. The van der Waals surface area contributed by atoms with Crippen molar-refractivity contribution in [1.29, 1.82) is 0 Å². The van der Waals surface area contributed by atoms with E-state index in [2.05, 4.69) is 11.2 Å². The number of aliphatic hydroxyl groups is 1. The second-order valence-corrected chi connectivity index (χ2v) is 3.09. The maximum Gasteiger partial charge on any atom is 0.332 e. The number of aliphatic carboxylic acids is 1. The first-order valence-electron chi connectivity index (χ1n) is 4.90. The Bertz CT molecular complexity index is 285. The molecule has 90 valence electrons. The lowest BCUT2D eigenvalue weighted by atomic mass is 10.2. The number of carbonyl (C=O) groups is 2. The summed E-state index contributed by atoms with van der Waals surface area (Å²) in [7, 11) is 0. The van der Waals surface area contributed by atoms with E-state index in [0.717, 1.165) is 0 Å². The van der Waals surface area contributed by atoms with E-state index in [0.29, 0.717) is 6.54 Å². The molecule has 3 N–H and O–H groups in total. The van der Waals surface area contributed by atoms with Crippen LogP contribution in [0.1, 0.15) is 13.3 Å². The highest BCUT2D eigenvalue weighted by atomic mass is 16.4. The first-order valence-corrected chi connectivity index (χ1v) is 4.90. The van der Waals surface area contributed by atoms with Crippen LogP contribution in [0.25, 0.3) is 0 Å². The zero-order chi connectivity index (χ0) is 12.6. The average Bonchev–Trinajstić information content (AvgIpc) is 2.25. The van der Waals surface area contributed by atoms with Crippen molar-refractivity contribution in [3.8, 4) is 12.3 Å². The third-order valence-corrected chi connectivity index (χ3v) is 1.93. The van der Waals surface area contributed by atoms with E-state index in [1.807, 2.05) is 0 Å². The Morgan fingerprint density at radius 1 is 1.56 bits per heavy atom. The number of amides is 2. The first kappa shape index (κ1) is 14.3. The molecule has 0 fully saturated rings. The molecule has 16 heavy (non-hydrogen) atoms. The molecule has 0 saturated carbocycles. The van der Waals surface area contributed by atoms with Gasteiger partial charge in [-0.3, -0.25) is 0 Å². The highest BCUT2D eigenvalue weighted by Gasteiger charge is 2.14. The van der Waals surface area contributed by atoms with Crippen LogP contribution in [-0.2, 0) is 4.79 Å². The van der Waals surface area contributed by atoms with Crippen LogP contribution in [0.15, 0.2) is 0 Å². The smallest absolute Gasteiger partial charge is 0.332 e. The fraction of sp³-hybridized carbons (Fsp3) is 0.600. The van der Waals surface area contributed by atoms with Crippen molar-refractivity contribution >= 4 is 12.0 Å². The molecular weight excluding hydrogens is 212 g/mol. The molecule has 0 saturated heterocycles. The van der Waals surface area contributed by atoms with Gasteiger partial charge in [0.2, 0.25) is 0 Å². The van der Waals surface area contributed by atoms with E-state index < -0.39 is 12.1 Å². The number of hydrogen-bond donors (Lipinski definition) is 3. The summed E-state index contributed by atoms with van der Waals surface area (Å²) in [4.78, 5) is 23.1. The van der Waals surface area contributed by atoms with E-state index in [1.165, 1.54) is 4.90 Å². The van der Waals surface area contributed by atoms with E-state index in [9.17, 15) is 9.59 Å². The number of terminal acetylenes is 1. The summed E-state index contributed by atoms with van der Waals surface area (Å²) in [6, 6.07) is -0.363. The summed E-state index contributed by atoms with van der Waals surface area (Å²) < 4.78 is 0. The van der Waals surface area contributed by atoms with Crippen LogP contribution in [0, 0.1) is 12.3 Å². The van der Waals surface area contributed by atoms with E-state index >= 15 is 0 Å². The number of rotatable bonds is 6. The minimum absolute atomic E-state index is 0.0331. The molecule has 0 aromatic carbocycles. The number of aliphatic hydroxyl groups excluding tert-OH is 1. The van der Waals surface area contributed by atoms with Crippen molar-refractivity contribution in [1.82, 2.24) is 10.2 Å². The predicted molar refractivity (Wildman–Crippen MR) is 57.7 cm³/mol. The maximum atomic E-state index is 11.4.